The standard InChI is InChI=1S/C10H7F3N2O3S2/c11-10(12,13)6-4-7(9(16)14-5-6)15-20(17,18)8-2-1-3-19-8/h1-5,15H,(H,14,16). The molecule has 0 unspecified atom stereocenters. The topological polar surface area (TPSA) is 79.0 Å². The average Bonchev–Trinajstić information content (AvgIpc) is 2.84. The smallest absolute Gasteiger partial charge is 0.327 e. The number of hydrogen-bond donors (Lipinski definition) is 2. The highest BCUT2D eigenvalue weighted by atomic mass is 32.2. The first-order valence-electron chi connectivity index (χ1n) is 5.06. The number of H-pyrrole nitrogens is 1. The summed E-state index contributed by atoms with van der Waals surface area (Å²) in [6, 6.07) is 3.19. The summed E-state index contributed by atoms with van der Waals surface area (Å²) in [5.41, 5.74) is -2.80. The zero-order valence-corrected chi connectivity index (χ0v) is 11.2. The first-order chi connectivity index (χ1) is 9.20. The van der Waals surface area contributed by atoms with E-state index in [0.29, 0.717) is 12.3 Å². The summed E-state index contributed by atoms with van der Waals surface area (Å²) in [5, 5.41) is 1.49. The van der Waals surface area contributed by atoms with E-state index in [9.17, 15) is 26.4 Å². The van der Waals surface area contributed by atoms with E-state index in [1.807, 2.05) is 9.71 Å². The minimum absolute atomic E-state index is 0.102. The van der Waals surface area contributed by atoms with Gasteiger partial charge in [-0.05, 0) is 17.5 Å². The molecule has 2 rings (SSSR count). The SMILES string of the molecule is O=c1[nH]cc(C(F)(F)F)cc1NS(=O)(=O)c1cccs1. The van der Waals surface area contributed by atoms with Crippen molar-refractivity contribution in [3.8, 4) is 0 Å². The highest BCUT2D eigenvalue weighted by Crippen LogP contribution is 2.29. The molecule has 0 aliphatic carbocycles. The van der Waals surface area contributed by atoms with Gasteiger partial charge in [0.1, 0.15) is 9.90 Å². The minimum atomic E-state index is -4.69. The van der Waals surface area contributed by atoms with Crippen LogP contribution in [0.5, 0.6) is 0 Å². The van der Waals surface area contributed by atoms with Crippen LogP contribution in [0.4, 0.5) is 18.9 Å². The lowest BCUT2D eigenvalue weighted by Crippen LogP contribution is -2.21. The van der Waals surface area contributed by atoms with Crippen LogP contribution in [0.2, 0.25) is 0 Å². The molecule has 0 fully saturated rings. The van der Waals surface area contributed by atoms with Gasteiger partial charge in [0, 0.05) is 6.20 Å². The average molecular weight is 324 g/mol. The van der Waals surface area contributed by atoms with Crippen molar-refractivity contribution in [2.75, 3.05) is 4.72 Å². The summed E-state index contributed by atoms with van der Waals surface area (Å²) in [4.78, 5) is 13.2. The molecule has 0 aromatic carbocycles. The van der Waals surface area contributed by atoms with Crippen LogP contribution in [0.3, 0.4) is 0 Å². The Morgan fingerprint density at radius 3 is 2.55 bits per heavy atom. The maximum atomic E-state index is 12.5. The zero-order valence-electron chi connectivity index (χ0n) is 9.56. The third kappa shape index (κ3) is 3.02. The second-order valence-electron chi connectivity index (χ2n) is 3.67. The Labute approximate surface area is 115 Å². The van der Waals surface area contributed by atoms with Crippen molar-refractivity contribution in [3.05, 3.63) is 45.7 Å². The summed E-state index contributed by atoms with van der Waals surface area (Å²) in [6.07, 6.45) is -4.21. The van der Waals surface area contributed by atoms with Crippen molar-refractivity contribution in [2.45, 2.75) is 10.4 Å². The highest BCUT2D eigenvalue weighted by Gasteiger charge is 2.32. The van der Waals surface area contributed by atoms with Gasteiger partial charge in [-0.2, -0.15) is 13.2 Å². The van der Waals surface area contributed by atoms with E-state index in [2.05, 4.69) is 0 Å². The molecule has 0 atom stereocenters. The molecule has 0 aliphatic rings. The van der Waals surface area contributed by atoms with Crippen molar-refractivity contribution in [2.24, 2.45) is 0 Å². The van der Waals surface area contributed by atoms with E-state index in [0.717, 1.165) is 11.3 Å². The third-order valence-electron chi connectivity index (χ3n) is 2.23. The van der Waals surface area contributed by atoms with Gasteiger partial charge in [0.15, 0.2) is 0 Å². The number of thiophene rings is 1. The Morgan fingerprint density at radius 2 is 2.00 bits per heavy atom. The van der Waals surface area contributed by atoms with Gasteiger partial charge in [0.25, 0.3) is 15.6 Å². The van der Waals surface area contributed by atoms with E-state index in [-0.39, 0.29) is 4.21 Å². The number of halogens is 3. The summed E-state index contributed by atoms with van der Waals surface area (Å²) in [6.45, 7) is 0. The molecule has 0 aliphatic heterocycles. The Balaban J connectivity index is 2.42. The minimum Gasteiger partial charge on any atom is -0.327 e. The number of aromatic amines is 1. The van der Waals surface area contributed by atoms with Crippen LogP contribution >= 0.6 is 11.3 Å². The Hall–Kier alpha value is -1.81. The molecular formula is C10H7F3N2O3S2. The molecule has 0 radical (unpaired) electrons. The number of sulfonamides is 1. The Morgan fingerprint density at radius 1 is 1.30 bits per heavy atom. The third-order valence-corrected chi connectivity index (χ3v) is 5.00. The van der Waals surface area contributed by atoms with Gasteiger partial charge in [0.05, 0.1) is 5.56 Å². The van der Waals surface area contributed by atoms with Crippen molar-refractivity contribution in [1.82, 2.24) is 4.98 Å². The number of anilines is 1. The Bertz CT molecular complexity index is 764. The lowest BCUT2D eigenvalue weighted by atomic mass is 10.2. The molecular weight excluding hydrogens is 317 g/mol. The molecule has 0 bridgehead atoms. The quantitative estimate of drug-likeness (QED) is 0.909. The summed E-state index contributed by atoms with van der Waals surface area (Å²) < 4.78 is 62.9. The predicted molar refractivity (Wildman–Crippen MR) is 67.2 cm³/mol. The molecule has 2 heterocycles. The van der Waals surface area contributed by atoms with E-state index >= 15 is 0 Å². The van der Waals surface area contributed by atoms with Gasteiger partial charge in [0.2, 0.25) is 0 Å². The molecule has 2 N–H and O–H groups in total. The number of rotatable bonds is 3. The maximum absolute atomic E-state index is 12.5. The number of pyridine rings is 1. The van der Waals surface area contributed by atoms with E-state index in [4.69, 9.17) is 0 Å². The van der Waals surface area contributed by atoms with Gasteiger partial charge in [-0.25, -0.2) is 8.42 Å². The molecule has 108 valence electrons. The van der Waals surface area contributed by atoms with Crippen molar-refractivity contribution >= 4 is 27.0 Å². The monoisotopic (exact) mass is 324 g/mol. The molecule has 0 amide bonds. The lowest BCUT2D eigenvalue weighted by molar-refractivity contribution is -0.137. The number of nitrogens with one attached hydrogen (secondary N) is 2. The molecule has 0 saturated carbocycles. The van der Waals surface area contributed by atoms with Gasteiger partial charge in [-0.1, -0.05) is 6.07 Å². The Kier molecular flexibility index (Phi) is 3.61. The van der Waals surface area contributed by atoms with Gasteiger partial charge in [-0.15, -0.1) is 11.3 Å². The zero-order chi connectivity index (χ0) is 15.0. The number of hydrogen-bond acceptors (Lipinski definition) is 4. The fourth-order valence-electron chi connectivity index (χ4n) is 1.33. The van der Waals surface area contributed by atoms with Crippen LogP contribution in [-0.4, -0.2) is 13.4 Å². The largest absolute Gasteiger partial charge is 0.417 e. The van der Waals surface area contributed by atoms with Crippen LogP contribution in [0.15, 0.2) is 38.8 Å². The first-order valence-corrected chi connectivity index (χ1v) is 7.43. The predicted octanol–water partition coefficient (Wildman–Crippen LogP) is 2.26. The summed E-state index contributed by atoms with van der Waals surface area (Å²) >= 11 is 0.880. The molecule has 10 heteroatoms. The highest BCUT2D eigenvalue weighted by molar-refractivity contribution is 7.94. The molecule has 2 aromatic rings. The molecule has 2 aromatic heterocycles. The lowest BCUT2D eigenvalue weighted by Gasteiger charge is -2.09. The molecule has 5 nitrogen and oxygen atoms in total. The maximum Gasteiger partial charge on any atom is 0.417 e. The summed E-state index contributed by atoms with van der Waals surface area (Å²) in [7, 11) is -4.07. The van der Waals surface area contributed by atoms with Crippen LogP contribution in [0.1, 0.15) is 5.56 Å². The van der Waals surface area contributed by atoms with E-state index in [1.165, 1.54) is 17.5 Å². The van der Waals surface area contributed by atoms with Crippen molar-refractivity contribution < 1.29 is 21.6 Å². The van der Waals surface area contributed by atoms with Crippen molar-refractivity contribution in [1.29, 1.82) is 0 Å². The molecule has 20 heavy (non-hydrogen) atoms. The van der Waals surface area contributed by atoms with Gasteiger partial charge < -0.3 is 4.98 Å². The van der Waals surface area contributed by atoms with Crippen LogP contribution < -0.4 is 10.3 Å². The summed E-state index contributed by atoms with van der Waals surface area (Å²) in [5.74, 6) is 0. The van der Waals surface area contributed by atoms with Gasteiger partial charge in [-0.3, -0.25) is 9.52 Å². The van der Waals surface area contributed by atoms with Crippen LogP contribution in [0.25, 0.3) is 0 Å². The molecule has 0 saturated heterocycles. The van der Waals surface area contributed by atoms with Crippen LogP contribution in [-0.2, 0) is 16.2 Å². The van der Waals surface area contributed by atoms with Crippen molar-refractivity contribution in [3.63, 3.8) is 0 Å². The normalized spacial score (nSPS) is 12.3. The number of aromatic nitrogens is 1. The second kappa shape index (κ2) is 4.94. The van der Waals surface area contributed by atoms with Gasteiger partial charge >= 0.3 is 6.18 Å². The molecule has 0 spiro atoms. The fourth-order valence-corrected chi connectivity index (χ4v) is 3.38. The first kappa shape index (κ1) is 14.6. The van der Waals surface area contributed by atoms with Crippen LogP contribution in [0, 0.1) is 0 Å². The van der Waals surface area contributed by atoms with E-state index < -0.39 is 33.0 Å². The van der Waals surface area contributed by atoms with E-state index in [1.54, 1.807) is 0 Å². The second-order valence-corrected chi connectivity index (χ2v) is 6.52. The number of alkyl halides is 3. The fraction of sp³-hybridized carbons (Fsp3) is 0.100.